The molecule has 0 bridgehead atoms. The second-order valence-corrected chi connectivity index (χ2v) is 5.04. The fraction of sp³-hybridized carbons (Fsp3) is 0.467. The van der Waals surface area contributed by atoms with Crippen molar-refractivity contribution in [3.05, 3.63) is 29.3 Å². The molecule has 0 spiro atoms. The van der Waals surface area contributed by atoms with Crippen LogP contribution in [0, 0.1) is 6.92 Å². The Balaban J connectivity index is 2.01. The lowest BCUT2D eigenvalue weighted by Gasteiger charge is -2.26. The highest BCUT2D eigenvalue weighted by molar-refractivity contribution is 5.97. The molecule has 0 aliphatic carbocycles. The first-order valence-corrected chi connectivity index (χ1v) is 7.02. The van der Waals surface area contributed by atoms with Gasteiger partial charge in [-0.2, -0.15) is 0 Å². The normalized spacial score (nSPS) is 15.5. The van der Waals surface area contributed by atoms with E-state index in [1.54, 1.807) is 25.1 Å². The fourth-order valence-electron chi connectivity index (χ4n) is 2.36. The van der Waals surface area contributed by atoms with Crippen LogP contribution in [0.15, 0.2) is 18.2 Å². The molecular weight excluding hydrogens is 270 g/mol. The van der Waals surface area contributed by atoms with Crippen molar-refractivity contribution in [1.82, 2.24) is 10.2 Å². The van der Waals surface area contributed by atoms with Crippen molar-refractivity contribution in [2.45, 2.75) is 6.92 Å². The monoisotopic (exact) mass is 291 g/mol. The molecule has 1 amide bonds. The summed E-state index contributed by atoms with van der Waals surface area (Å²) in [6, 6.07) is 5.21. The molecule has 0 aromatic heterocycles. The quantitative estimate of drug-likeness (QED) is 0.796. The number of carbonyl (C=O) groups excluding carboxylic acids is 2. The molecular formula is C15H21N3O3. The van der Waals surface area contributed by atoms with Crippen LogP contribution < -0.4 is 10.6 Å². The van der Waals surface area contributed by atoms with Crippen LogP contribution in [-0.4, -0.2) is 56.6 Å². The number of amides is 1. The summed E-state index contributed by atoms with van der Waals surface area (Å²) in [5.41, 5.74) is 1.84. The fourth-order valence-corrected chi connectivity index (χ4v) is 2.36. The van der Waals surface area contributed by atoms with Gasteiger partial charge in [-0.15, -0.1) is 0 Å². The van der Waals surface area contributed by atoms with Crippen molar-refractivity contribution in [3.63, 3.8) is 0 Å². The first kappa shape index (κ1) is 15.5. The predicted octanol–water partition coefficient (Wildman–Crippen LogP) is 0.625. The third-order valence-electron chi connectivity index (χ3n) is 3.59. The summed E-state index contributed by atoms with van der Waals surface area (Å²) in [5, 5.41) is 6.12. The van der Waals surface area contributed by atoms with Gasteiger partial charge in [0.1, 0.15) is 0 Å². The number of methoxy groups -OCH3 is 1. The van der Waals surface area contributed by atoms with Crippen LogP contribution in [0.4, 0.5) is 5.69 Å². The van der Waals surface area contributed by atoms with Crippen LogP contribution in [0.25, 0.3) is 0 Å². The Morgan fingerprint density at radius 1 is 1.33 bits per heavy atom. The van der Waals surface area contributed by atoms with E-state index in [1.807, 2.05) is 0 Å². The highest BCUT2D eigenvalue weighted by Crippen LogP contribution is 2.19. The topological polar surface area (TPSA) is 70.7 Å². The minimum atomic E-state index is -0.397. The number of ether oxygens (including phenoxy) is 1. The van der Waals surface area contributed by atoms with E-state index in [2.05, 4.69) is 15.5 Å². The number of carbonyl (C=O) groups is 2. The van der Waals surface area contributed by atoms with Crippen LogP contribution in [-0.2, 0) is 9.53 Å². The van der Waals surface area contributed by atoms with Gasteiger partial charge >= 0.3 is 5.97 Å². The van der Waals surface area contributed by atoms with E-state index in [9.17, 15) is 9.59 Å². The Bertz CT molecular complexity index is 525. The van der Waals surface area contributed by atoms with Gasteiger partial charge in [-0.25, -0.2) is 4.79 Å². The minimum absolute atomic E-state index is 0.0676. The second kappa shape index (κ2) is 7.19. The number of hydrogen-bond acceptors (Lipinski definition) is 5. The zero-order valence-electron chi connectivity index (χ0n) is 12.4. The Morgan fingerprint density at radius 3 is 2.71 bits per heavy atom. The maximum absolute atomic E-state index is 12.1. The molecule has 0 unspecified atom stereocenters. The molecule has 0 radical (unpaired) electrons. The van der Waals surface area contributed by atoms with Gasteiger partial charge in [0.05, 0.1) is 19.2 Å². The zero-order chi connectivity index (χ0) is 15.2. The van der Waals surface area contributed by atoms with Crippen LogP contribution in [0.3, 0.4) is 0 Å². The molecule has 1 aromatic carbocycles. The Morgan fingerprint density at radius 2 is 2.05 bits per heavy atom. The molecule has 6 heteroatoms. The molecule has 1 saturated heterocycles. The van der Waals surface area contributed by atoms with Crippen LogP contribution in [0.2, 0.25) is 0 Å². The zero-order valence-corrected chi connectivity index (χ0v) is 12.4. The van der Waals surface area contributed by atoms with Gasteiger partial charge in [0.15, 0.2) is 0 Å². The Hall–Kier alpha value is -1.92. The first-order valence-electron chi connectivity index (χ1n) is 7.02. The molecule has 1 heterocycles. The van der Waals surface area contributed by atoms with E-state index in [1.165, 1.54) is 7.11 Å². The summed E-state index contributed by atoms with van der Waals surface area (Å²) in [6.45, 7) is 5.72. The molecule has 1 fully saturated rings. The van der Waals surface area contributed by atoms with Gasteiger partial charge in [0.25, 0.3) is 0 Å². The van der Waals surface area contributed by atoms with Gasteiger partial charge in [0, 0.05) is 31.9 Å². The van der Waals surface area contributed by atoms with Crippen molar-refractivity contribution in [1.29, 1.82) is 0 Å². The highest BCUT2D eigenvalue weighted by Gasteiger charge is 2.16. The highest BCUT2D eigenvalue weighted by atomic mass is 16.5. The van der Waals surface area contributed by atoms with E-state index in [-0.39, 0.29) is 5.91 Å². The lowest BCUT2D eigenvalue weighted by atomic mass is 10.1. The number of nitrogens with one attached hydrogen (secondary N) is 2. The number of hydrogen-bond donors (Lipinski definition) is 2. The Labute approximate surface area is 124 Å². The third kappa shape index (κ3) is 4.03. The summed E-state index contributed by atoms with van der Waals surface area (Å²) in [5.74, 6) is -0.465. The van der Waals surface area contributed by atoms with E-state index >= 15 is 0 Å². The standard InChI is InChI=1S/C15H21N3O3/c1-11-12(15(20)21-2)4-3-5-13(11)17-14(19)10-18-8-6-16-7-9-18/h3-5,16H,6-10H2,1-2H3,(H,17,19). The van der Waals surface area contributed by atoms with Crippen molar-refractivity contribution < 1.29 is 14.3 Å². The summed E-state index contributed by atoms with van der Waals surface area (Å²) in [7, 11) is 1.34. The first-order chi connectivity index (χ1) is 10.1. The van der Waals surface area contributed by atoms with Gasteiger partial charge in [-0.3, -0.25) is 9.69 Å². The molecule has 114 valence electrons. The van der Waals surface area contributed by atoms with Crippen LogP contribution in [0.5, 0.6) is 0 Å². The summed E-state index contributed by atoms with van der Waals surface area (Å²) in [4.78, 5) is 25.8. The maximum Gasteiger partial charge on any atom is 0.338 e. The average Bonchev–Trinajstić information content (AvgIpc) is 2.49. The number of piperazine rings is 1. The SMILES string of the molecule is COC(=O)c1cccc(NC(=O)CN2CCNCC2)c1C. The average molecular weight is 291 g/mol. The summed E-state index contributed by atoms with van der Waals surface area (Å²) < 4.78 is 4.73. The van der Waals surface area contributed by atoms with Crippen molar-refractivity contribution in [2.75, 3.05) is 45.2 Å². The van der Waals surface area contributed by atoms with Gasteiger partial charge in [0.2, 0.25) is 5.91 Å². The summed E-state index contributed by atoms with van der Waals surface area (Å²) in [6.07, 6.45) is 0. The van der Waals surface area contributed by atoms with E-state index in [0.717, 1.165) is 31.7 Å². The number of benzene rings is 1. The summed E-state index contributed by atoms with van der Waals surface area (Å²) >= 11 is 0. The van der Waals surface area contributed by atoms with E-state index < -0.39 is 5.97 Å². The maximum atomic E-state index is 12.1. The van der Waals surface area contributed by atoms with Gasteiger partial charge in [-0.05, 0) is 24.6 Å². The number of rotatable bonds is 4. The largest absolute Gasteiger partial charge is 0.465 e. The van der Waals surface area contributed by atoms with Crippen molar-refractivity contribution in [3.8, 4) is 0 Å². The third-order valence-corrected chi connectivity index (χ3v) is 3.59. The van der Waals surface area contributed by atoms with Crippen LogP contribution in [0.1, 0.15) is 15.9 Å². The molecule has 6 nitrogen and oxygen atoms in total. The van der Waals surface area contributed by atoms with Crippen molar-refractivity contribution >= 4 is 17.6 Å². The van der Waals surface area contributed by atoms with Gasteiger partial charge in [-0.1, -0.05) is 6.07 Å². The molecule has 21 heavy (non-hydrogen) atoms. The molecule has 1 aliphatic rings. The lowest BCUT2D eigenvalue weighted by molar-refractivity contribution is -0.117. The smallest absolute Gasteiger partial charge is 0.338 e. The number of nitrogens with zero attached hydrogens (tertiary/aromatic N) is 1. The van der Waals surface area contributed by atoms with E-state index in [4.69, 9.17) is 4.74 Å². The lowest BCUT2D eigenvalue weighted by Crippen LogP contribution is -2.46. The molecule has 0 saturated carbocycles. The molecule has 2 rings (SSSR count). The van der Waals surface area contributed by atoms with Crippen LogP contribution >= 0.6 is 0 Å². The molecule has 2 N–H and O–H groups in total. The number of anilines is 1. The van der Waals surface area contributed by atoms with Gasteiger partial charge < -0.3 is 15.4 Å². The molecule has 1 aromatic rings. The predicted molar refractivity (Wildman–Crippen MR) is 80.5 cm³/mol. The minimum Gasteiger partial charge on any atom is -0.465 e. The van der Waals surface area contributed by atoms with E-state index in [0.29, 0.717) is 17.8 Å². The molecule has 0 atom stereocenters. The molecule has 1 aliphatic heterocycles. The Kier molecular flexibility index (Phi) is 5.30. The van der Waals surface area contributed by atoms with Crippen molar-refractivity contribution in [2.24, 2.45) is 0 Å². The number of esters is 1. The second-order valence-electron chi connectivity index (χ2n) is 5.04.